The topological polar surface area (TPSA) is 47.3 Å². The number of imidazole rings is 1. The van der Waals surface area contributed by atoms with Gasteiger partial charge >= 0.3 is 0 Å². The summed E-state index contributed by atoms with van der Waals surface area (Å²) in [4.78, 5) is 4.88. The molecule has 1 unspecified atom stereocenters. The lowest BCUT2D eigenvalue weighted by Gasteiger charge is -2.17. The molecule has 0 aliphatic heterocycles. The number of nitrogens with zero attached hydrogens (tertiary/aromatic N) is 2. The average molecular weight is 385 g/mol. The first kappa shape index (κ1) is 18.5. The van der Waals surface area contributed by atoms with Crippen molar-refractivity contribution in [2.24, 2.45) is 0 Å². The van der Waals surface area contributed by atoms with E-state index in [2.05, 4.69) is 10.6 Å². The number of aromatic nitrogens is 2. The van der Waals surface area contributed by atoms with Crippen LogP contribution in [0.3, 0.4) is 0 Å². The standard InChI is InChI=1S/C22H25ClN2O2/c23-18-11-9-16(10-12-18)14-27-15-19(26)13-25-21-8-4-3-7-20(21)24-22(25)17-5-1-2-6-17/h3-4,7-12,17,19,26H,1-2,5-6,13-15H2. The van der Waals surface area contributed by atoms with Crippen LogP contribution >= 0.6 is 11.6 Å². The number of rotatable bonds is 7. The fourth-order valence-corrected chi connectivity index (χ4v) is 4.06. The number of ether oxygens (including phenoxy) is 1. The maximum Gasteiger partial charge on any atom is 0.113 e. The average Bonchev–Trinajstić information content (AvgIpc) is 3.32. The molecule has 4 rings (SSSR count). The largest absolute Gasteiger partial charge is 0.389 e. The Bertz CT molecular complexity index is 885. The first-order chi connectivity index (χ1) is 13.2. The highest BCUT2D eigenvalue weighted by atomic mass is 35.5. The zero-order chi connectivity index (χ0) is 18.6. The van der Waals surface area contributed by atoms with Gasteiger partial charge in [0, 0.05) is 10.9 Å². The molecule has 2 aromatic carbocycles. The number of hydrogen-bond acceptors (Lipinski definition) is 3. The van der Waals surface area contributed by atoms with Crippen LogP contribution < -0.4 is 0 Å². The number of fused-ring (bicyclic) bond motifs is 1. The second-order valence-electron chi connectivity index (χ2n) is 7.35. The Labute approximate surface area is 164 Å². The highest BCUT2D eigenvalue weighted by molar-refractivity contribution is 6.30. The normalized spacial score (nSPS) is 16.2. The molecule has 5 heteroatoms. The molecule has 0 spiro atoms. The van der Waals surface area contributed by atoms with E-state index in [-0.39, 0.29) is 0 Å². The van der Waals surface area contributed by atoms with Crippen LogP contribution in [0.25, 0.3) is 11.0 Å². The molecule has 142 valence electrons. The molecular formula is C22H25ClN2O2. The van der Waals surface area contributed by atoms with Gasteiger partial charge in [-0.3, -0.25) is 0 Å². The van der Waals surface area contributed by atoms with E-state index in [0.29, 0.717) is 30.7 Å². The lowest BCUT2D eigenvalue weighted by molar-refractivity contribution is 0.0204. The van der Waals surface area contributed by atoms with Crippen molar-refractivity contribution in [3.05, 3.63) is 64.9 Å². The number of halogens is 1. The Balaban J connectivity index is 1.43. The second kappa shape index (κ2) is 8.42. The first-order valence-corrected chi connectivity index (χ1v) is 10.0. The minimum Gasteiger partial charge on any atom is -0.389 e. The SMILES string of the molecule is OC(COCc1ccc(Cl)cc1)Cn1c(C2CCCC2)nc2ccccc21. The molecule has 1 aliphatic carbocycles. The fourth-order valence-electron chi connectivity index (χ4n) is 3.94. The van der Waals surface area contributed by atoms with Crippen molar-refractivity contribution in [1.82, 2.24) is 9.55 Å². The van der Waals surface area contributed by atoms with Crippen molar-refractivity contribution >= 4 is 22.6 Å². The summed E-state index contributed by atoms with van der Waals surface area (Å²) in [5.41, 5.74) is 3.15. The van der Waals surface area contributed by atoms with Gasteiger partial charge in [-0.25, -0.2) is 4.98 Å². The third-order valence-corrected chi connectivity index (χ3v) is 5.54. The van der Waals surface area contributed by atoms with Gasteiger partial charge in [0.15, 0.2) is 0 Å². The highest BCUT2D eigenvalue weighted by Crippen LogP contribution is 2.35. The third-order valence-electron chi connectivity index (χ3n) is 5.29. The molecule has 0 saturated heterocycles. The lowest BCUT2D eigenvalue weighted by atomic mass is 10.1. The van der Waals surface area contributed by atoms with Gasteiger partial charge in [0.25, 0.3) is 0 Å². The fraction of sp³-hybridized carbons (Fsp3) is 0.409. The van der Waals surface area contributed by atoms with Crippen molar-refractivity contribution < 1.29 is 9.84 Å². The van der Waals surface area contributed by atoms with Gasteiger partial charge in [0.05, 0.1) is 36.9 Å². The second-order valence-corrected chi connectivity index (χ2v) is 7.78. The zero-order valence-corrected chi connectivity index (χ0v) is 16.1. The van der Waals surface area contributed by atoms with Crippen LogP contribution in [0.15, 0.2) is 48.5 Å². The van der Waals surface area contributed by atoms with E-state index in [0.717, 1.165) is 22.4 Å². The van der Waals surface area contributed by atoms with E-state index >= 15 is 0 Å². The smallest absolute Gasteiger partial charge is 0.113 e. The van der Waals surface area contributed by atoms with Crippen molar-refractivity contribution in [1.29, 1.82) is 0 Å². The lowest BCUT2D eigenvalue weighted by Crippen LogP contribution is -2.23. The van der Waals surface area contributed by atoms with Crippen LogP contribution in [0.1, 0.15) is 43.0 Å². The van der Waals surface area contributed by atoms with Gasteiger partial charge in [0.1, 0.15) is 5.82 Å². The van der Waals surface area contributed by atoms with Gasteiger partial charge in [-0.15, -0.1) is 0 Å². The quantitative estimate of drug-likeness (QED) is 0.628. The Morgan fingerprint density at radius 2 is 1.85 bits per heavy atom. The van der Waals surface area contributed by atoms with Crippen LogP contribution in [-0.2, 0) is 17.9 Å². The number of aliphatic hydroxyl groups excluding tert-OH is 1. The summed E-state index contributed by atoms with van der Waals surface area (Å²) in [6.07, 6.45) is 4.33. The molecular weight excluding hydrogens is 360 g/mol. The summed E-state index contributed by atoms with van der Waals surface area (Å²) in [7, 11) is 0. The van der Waals surface area contributed by atoms with Crippen LogP contribution in [0, 0.1) is 0 Å². The summed E-state index contributed by atoms with van der Waals surface area (Å²) in [6, 6.07) is 15.8. The molecule has 27 heavy (non-hydrogen) atoms. The summed E-state index contributed by atoms with van der Waals surface area (Å²) >= 11 is 5.90. The van der Waals surface area contributed by atoms with Crippen LogP contribution in [0.5, 0.6) is 0 Å². The van der Waals surface area contributed by atoms with Crippen molar-refractivity contribution in [3.63, 3.8) is 0 Å². The molecule has 3 aromatic rings. The van der Waals surface area contributed by atoms with Crippen LogP contribution in [0.4, 0.5) is 0 Å². The molecule has 1 aliphatic rings. The molecule has 1 fully saturated rings. The molecule has 1 aromatic heterocycles. The van der Waals surface area contributed by atoms with E-state index in [1.165, 1.54) is 25.7 Å². The van der Waals surface area contributed by atoms with Crippen molar-refractivity contribution in [2.45, 2.75) is 50.9 Å². The number of para-hydroxylation sites is 2. The van der Waals surface area contributed by atoms with Crippen molar-refractivity contribution in [2.75, 3.05) is 6.61 Å². The van der Waals surface area contributed by atoms with E-state index in [1.54, 1.807) is 0 Å². The highest BCUT2D eigenvalue weighted by Gasteiger charge is 2.24. The molecule has 1 N–H and O–H groups in total. The molecule has 4 nitrogen and oxygen atoms in total. The number of hydrogen-bond donors (Lipinski definition) is 1. The van der Waals surface area contributed by atoms with E-state index < -0.39 is 6.10 Å². The van der Waals surface area contributed by atoms with E-state index in [4.69, 9.17) is 21.3 Å². The molecule has 0 amide bonds. The summed E-state index contributed by atoms with van der Waals surface area (Å²) in [6.45, 7) is 1.26. The molecule has 1 atom stereocenters. The van der Waals surface area contributed by atoms with Gasteiger partial charge in [0.2, 0.25) is 0 Å². The maximum absolute atomic E-state index is 10.6. The first-order valence-electron chi connectivity index (χ1n) is 9.66. The minimum absolute atomic E-state index is 0.291. The van der Waals surface area contributed by atoms with E-state index in [1.807, 2.05) is 42.5 Å². The van der Waals surface area contributed by atoms with Crippen LogP contribution in [0.2, 0.25) is 5.02 Å². The predicted molar refractivity (Wildman–Crippen MR) is 108 cm³/mol. The molecule has 0 bridgehead atoms. The summed E-state index contributed by atoms with van der Waals surface area (Å²) < 4.78 is 7.92. The molecule has 1 heterocycles. The van der Waals surface area contributed by atoms with Crippen molar-refractivity contribution in [3.8, 4) is 0 Å². The summed E-state index contributed by atoms with van der Waals surface area (Å²) in [5, 5.41) is 11.3. The third kappa shape index (κ3) is 4.34. The minimum atomic E-state index is -0.574. The number of benzene rings is 2. The molecule has 0 radical (unpaired) electrons. The predicted octanol–water partition coefficient (Wildman–Crippen LogP) is 4.93. The number of aliphatic hydroxyl groups is 1. The van der Waals surface area contributed by atoms with Crippen LogP contribution in [-0.4, -0.2) is 27.4 Å². The maximum atomic E-state index is 10.6. The van der Waals surface area contributed by atoms with Gasteiger partial charge in [-0.05, 0) is 42.7 Å². The molecule has 1 saturated carbocycles. The Hall–Kier alpha value is -1.88. The Kier molecular flexibility index (Phi) is 5.77. The zero-order valence-electron chi connectivity index (χ0n) is 15.4. The van der Waals surface area contributed by atoms with Gasteiger partial charge in [-0.1, -0.05) is 48.7 Å². The van der Waals surface area contributed by atoms with E-state index in [9.17, 15) is 5.11 Å². The summed E-state index contributed by atoms with van der Waals surface area (Å²) in [5.74, 6) is 1.62. The van der Waals surface area contributed by atoms with Gasteiger partial charge in [-0.2, -0.15) is 0 Å². The Morgan fingerprint density at radius 3 is 2.63 bits per heavy atom. The Morgan fingerprint density at radius 1 is 1.11 bits per heavy atom. The van der Waals surface area contributed by atoms with Gasteiger partial charge < -0.3 is 14.4 Å². The monoisotopic (exact) mass is 384 g/mol.